The van der Waals surface area contributed by atoms with E-state index in [4.69, 9.17) is 5.73 Å². The Balaban J connectivity index is 1.24. The average Bonchev–Trinajstić information content (AvgIpc) is 3.65. The maximum atomic E-state index is 13.0. The number of nitrogen functional groups attached to an aromatic ring is 1. The topological polar surface area (TPSA) is 119 Å². The van der Waals surface area contributed by atoms with Gasteiger partial charge >= 0.3 is 6.18 Å². The highest BCUT2D eigenvalue weighted by atomic mass is 19.4. The van der Waals surface area contributed by atoms with Crippen molar-refractivity contribution in [2.75, 3.05) is 24.1 Å². The van der Waals surface area contributed by atoms with Crippen molar-refractivity contribution in [2.45, 2.75) is 25.1 Å². The highest BCUT2D eigenvalue weighted by molar-refractivity contribution is 6.05. The third-order valence-electron chi connectivity index (χ3n) is 8.03. The van der Waals surface area contributed by atoms with Gasteiger partial charge in [0.15, 0.2) is 0 Å². The summed E-state index contributed by atoms with van der Waals surface area (Å²) >= 11 is 0. The summed E-state index contributed by atoms with van der Waals surface area (Å²) in [5.41, 5.74) is 7.96. The van der Waals surface area contributed by atoms with Crippen LogP contribution in [0.25, 0.3) is 22.2 Å². The van der Waals surface area contributed by atoms with Gasteiger partial charge in [0, 0.05) is 42.7 Å². The van der Waals surface area contributed by atoms with Crippen molar-refractivity contribution in [1.82, 2.24) is 24.4 Å². The Morgan fingerprint density at radius 1 is 1.05 bits per heavy atom. The van der Waals surface area contributed by atoms with Gasteiger partial charge in [-0.1, -0.05) is 18.7 Å². The Kier molecular flexibility index (Phi) is 6.47. The van der Waals surface area contributed by atoms with Crippen molar-refractivity contribution in [3.63, 3.8) is 0 Å². The summed E-state index contributed by atoms with van der Waals surface area (Å²) in [6.07, 6.45) is 3.07. The highest BCUT2D eigenvalue weighted by Crippen LogP contribution is 2.46. The number of likely N-dealkylation sites (tertiary alicyclic amines) is 1. The van der Waals surface area contributed by atoms with Gasteiger partial charge in [0.2, 0.25) is 5.91 Å². The van der Waals surface area contributed by atoms with Crippen molar-refractivity contribution in [1.29, 1.82) is 0 Å². The first-order chi connectivity index (χ1) is 19.6. The largest absolute Gasteiger partial charge is 0.416 e. The number of carbonyl (C=O) groups is 2. The lowest BCUT2D eigenvalue weighted by atomic mass is 10.0. The lowest BCUT2D eigenvalue weighted by Gasteiger charge is -2.19. The first kappa shape index (κ1) is 26.5. The molecule has 1 aromatic carbocycles. The number of anilines is 2. The van der Waals surface area contributed by atoms with Gasteiger partial charge in [-0.3, -0.25) is 9.59 Å². The number of aromatic nitrogens is 4. The summed E-state index contributed by atoms with van der Waals surface area (Å²) in [7, 11) is 0. The standard InChI is InChI=1S/C29H26F3N7O2/c1-2-24(40)38-12-18-9-21(10-19(18)13-38)39-14-22(25-26(33)35-15-36-27(25)39)16-3-5-17(6-4-16)28(41)37-23-11-20(7-8-34-23)29(30,31)32/h2-8,11,14-15,18-19,21H,1,9-10,12-13H2,(H2,33,35,36)(H,34,37,41). The smallest absolute Gasteiger partial charge is 0.383 e. The molecule has 2 fully saturated rings. The van der Waals surface area contributed by atoms with Crippen molar-refractivity contribution < 1.29 is 22.8 Å². The van der Waals surface area contributed by atoms with E-state index in [1.807, 2.05) is 11.1 Å². The molecule has 2 amide bonds. The summed E-state index contributed by atoms with van der Waals surface area (Å²) < 4.78 is 41.2. The van der Waals surface area contributed by atoms with Crippen LogP contribution >= 0.6 is 0 Å². The molecule has 4 aromatic rings. The number of carbonyl (C=O) groups excluding carboxylic acids is 2. The summed E-state index contributed by atoms with van der Waals surface area (Å²) in [5.74, 6) is 0.312. The molecule has 41 heavy (non-hydrogen) atoms. The van der Waals surface area contributed by atoms with Crippen LogP contribution in [-0.4, -0.2) is 49.3 Å². The fourth-order valence-electron chi connectivity index (χ4n) is 6.07. The first-order valence-corrected chi connectivity index (χ1v) is 13.1. The molecule has 1 aliphatic carbocycles. The lowest BCUT2D eigenvalue weighted by Crippen LogP contribution is -2.28. The van der Waals surface area contributed by atoms with Gasteiger partial charge in [-0.05, 0) is 60.6 Å². The molecule has 9 nitrogen and oxygen atoms in total. The number of rotatable bonds is 5. The number of nitrogens with two attached hydrogens (primary N) is 1. The molecule has 2 unspecified atom stereocenters. The van der Waals surface area contributed by atoms with Crippen molar-refractivity contribution in [3.05, 3.63) is 78.9 Å². The molecule has 6 rings (SSSR count). The molecule has 210 valence electrons. The highest BCUT2D eigenvalue weighted by Gasteiger charge is 2.43. The minimum absolute atomic E-state index is 0.0339. The van der Waals surface area contributed by atoms with Crippen LogP contribution in [0, 0.1) is 11.8 Å². The Morgan fingerprint density at radius 2 is 1.76 bits per heavy atom. The number of hydrogen-bond acceptors (Lipinski definition) is 6. The molecule has 12 heteroatoms. The Bertz CT molecular complexity index is 1650. The fourth-order valence-corrected chi connectivity index (χ4v) is 6.07. The molecule has 1 saturated heterocycles. The Morgan fingerprint density at radius 3 is 2.41 bits per heavy atom. The molecule has 2 atom stereocenters. The van der Waals surface area contributed by atoms with Crippen LogP contribution in [0.4, 0.5) is 24.8 Å². The van der Waals surface area contributed by atoms with Gasteiger partial charge in [0.1, 0.15) is 23.6 Å². The van der Waals surface area contributed by atoms with Crippen LogP contribution in [0.1, 0.15) is 34.8 Å². The van der Waals surface area contributed by atoms with E-state index >= 15 is 0 Å². The number of alkyl halides is 3. The monoisotopic (exact) mass is 561 g/mol. The van der Waals surface area contributed by atoms with E-state index in [1.54, 1.807) is 24.3 Å². The molecule has 3 aromatic heterocycles. The van der Waals surface area contributed by atoms with Gasteiger partial charge in [-0.15, -0.1) is 0 Å². The second-order valence-electron chi connectivity index (χ2n) is 10.5. The van der Waals surface area contributed by atoms with E-state index in [0.717, 1.165) is 55.4 Å². The minimum atomic E-state index is -4.54. The normalized spacial score (nSPS) is 20.3. The summed E-state index contributed by atoms with van der Waals surface area (Å²) in [5, 5.41) is 3.13. The van der Waals surface area contributed by atoms with Crippen molar-refractivity contribution >= 4 is 34.5 Å². The maximum Gasteiger partial charge on any atom is 0.416 e. The van der Waals surface area contributed by atoms with Crippen LogP contribution in [0.15, 0.2) is 67.8 Å². The van der Waals surface area contributed by atoms with Crippen LogP contribution in [0.3, 0.4) is 0 Å². The quantitative estimate of drug-likeness (QED) is 0.333. The fraction of sp³-hybridized carbons (Fsp3) is 0.276. The zero-order valence-electron chi connectivity index (χ0n) is 21.8. The first-order valence-electron chi connectivity index (χ1n) is 13.1. The second kappa shape index (κ2) is 10.0. The predicted octanol–water partition coefficient (Wildman–Crippen LogP) is 4.94. The molecule has 0 spiro atoms. The molecule has 1 saturated carbocycles. The molecule has 0 bridgehead atoms. The van der Waals surface area contributed by atoms with Crippen molar-refractivity contribution in [3.8, 4) is 11.1 Å². The number of halogens is 3. The second-order valence-corrected chi connectivity index (χ2v) is 10.5. The zero-order valence-corrected chi connectivity index (χ0v) is 21.8. The van der Waals surface area contributed by atoms with Gasteiger partial charge in [0.25, 0.3) is 5.91 Å². The summed E-state index contributed by atoms with van der Waals surface area (Å²) in [6, 6.07) is 8.49. The van der Waals surface area contributed by atoms with Crippen LogP contribution in [-0.2, 0) is 11.0 Å². The third kappa shape index (κ3) is 4.90. The molecule has 2 aliphatic rings. The minimum Gasteiger partial charge on any atom is -0.383 e. The van der Waals surface area contributed by atoms with Crippen LogP contribution in [0.2, 0.25) is 0 Å². The number of hydrogen-bond donors (Lipinski definition) is 2. The Hall–Kier alpha value is -4.74. The number of benzene rings is 1. The van der Waals surface area contributed by atoms with E-state index in [2.05, 4.69) is 31.4 Å². The van der Waals surface area contributed by atoms with Gasteiger partial charge < -0.3 is 20.5 Å². The predicted molar refractivity (Wildman–Crippen MR) is 147 cm³/mol. The molecular formula is C29H26F3N7O2. The summed E-state index contributed by atoms with van der Waals surface area (Å²) in [4.78, 5) is 39.2. The van der Waals surface area contributed by atoms with Crippen molar-refractivity contribution in [2.24, 2.45) is 11.8 Å². The molecular weight excluding hydrogens is 535 g/mol. The number of nitrogens with zero attached hydrogens (tertiary/aromatic N) is 5. The van der Waals surface area contributed by atoms with Crippen LogP contribution in [0.5, 0.6) is 0 Å². The maximum absolute atomic E-state index is 13.0. The van der Waals surface area contributed by atoms with E-state index in [9.17, 15) is 22.8 Å². The van der Waals surface area contributed by atoms with Gasteiger partial charge in [-0.2, -0.15) is 13.2 Å². The number of amides is 2. The Labute approximate surface area is 232 Å². The lowest BCUT2D eigenvalue weighted by molar-refractivity contribution is -0.137. The number of pyridine rings is 1. The third-order valence-corrected chi connectivity index (χ3v) is 8.03. The van der Waals surface area contributed by atoms with E-state index < -0.39 is 17.6 Å². The molecule has 1 aliphatic heterocycles. The molecule has 3 N–H and O–H groups in total. The average molecular weight is 562 g/mol. The van der Waals surface area contributed by atoms with Gasteiger partial charge in [0.05, 0.1) is 10.9 Å². The zero-order chi connectivity index (χ0) is 28.9. The van der Waals surface area contributed by atoms with Crippen LogP contribution < -0.4 is 11.1 Å². The molecule has 4 heterocycles. The number of nitrogens with one attached hydrogen (secondary N) is 1. The molecule has 0 radical (unpaired) electrons. The van der Waals surface area contributed by atoms with E-state index in [1.165, 1.54) is 12.4 Å². The van der Waals surface area contributed by atoms with Gasteiger partial charge in [-0.25, -0.2) is 15.0 Å². The van der Waals surface area contributed by atoms with E-state index in [-0.39, 0.29) is 23.3 Å². The SMILES string of the molecule is C=CC(=O)N1CC2CC(n3cc(-c4ccc(C(=O)Nc5cc(C(F)(F)F)ccn5)cc4)c4c(N)ncnc43)CC2C1. The number of fused-ring (bicyclic) bond motifs is 2. The summed E-state index contributed by atoms with van der Waals surface area (Å²) in [6.45, 7) is 5.03. The van der Waals surface area contributed by atoms with E-state index in [0.29, 0.717) is 28.7 Å².